The normalized spacial score (nSPS) is 21.9. The van der Waals surface area contributed by atoms with Gasteiger partial charge in [-0.05, 0) is 62.1 Å². The number of carbonyl (C=O) groups is 1. The molecule has 0 radical (unpaired) electrons. The van der Waals surface area contributed by atoms with E-state index in [1.807, 2.05) is 12.1 Å². The predicted molar refractivity (Wildman–Crippen MR) is 108 cm³/mol. The average molecular weight is 375 g/mol. The molecule has 1 saturated carbocycles. The van der Waals surface area contributed by atoms with Crippen LogP contribution in [0.25, 0.3) is 0 Å². The zero-order chi connectivity index (χ0) is 19.7. The third-order valence-electron chi connectivity index (χ3n) is 6.06. The van der Waals surface area contributed by atoms with Crippen LogP contribution in [0.2, 0.25) is 0 Å². The van der Waals surface area contributed by atoms with Crippen LogP contribution < -0.4 is 10.6 Å². The highest BCUT2D eigenvalue weighted by molar-refractivity contribution is 6.10. The minimum atomic E-state index is -0.122. The van der Waals surface area contributed by atoms with Crippen molar-refractivity contribution >= 4 is 17.4 Å². The molecule has 28 heavy (non-hydrogen) atoms. The number of carbonyl (C=O) groups excluding carboxylic acids is 1. The molecular weight excluding hydrogens is 350 g/mol. The summed E-state index contributed by atoms with van der Waals surface area (Å²) >= 11 is 0. The molecule has 2 aromatic rings. The van der Waals surface area contributed by atoms with E-state index < -0.39 is 0 Å². The van der Waals surface area contributed by atoms with Crippen molar-refractivity contribution in [1.82, 2.24) is 9.97 Å². The molecule has 1 aromatic carbocycles. The van der Waals surface area contributed by atoms with E-state index in [0.717, 1.165) is 37.1 Å². The molecule has 1 amide bonds. The van der Waals surface area contributed by atoms with Crippen LogP contribution in [-0.4, -0.2) is 22.4 Å². The lowest BCUT2D eigenvalue weighted by molar-refractivity contribution is 0.0980. The van der Waals surface area contributed by atoms with E-state index in [4.69, 9.17) is 11.0 Å². The third-order valence-corrected chi connectivity index (χ3v) is 6.06. The quantitative estimate of drug-likeness (QED) is 0.881. The van der Waals surface area contributed by atoms with Gasteiger partial charge in [0.25, 0.3) is 5.91 Å². The van der Waals surface area contributed by atoms with E-state index in [9.17, 15) is 4.79 Å². The lowest BCUT2D eigenvalue weighted by Crippen LogP contribution is -2.39. The minimum Gasteiger partial charge on any atom is -0.383 e. The highest BCUT2D eigenvalue weighted by atomic mass is 16.2. The molecule has 2 heterocycles. The summed E-state index contributed by atoms with van der Waals surface area (Å²) in [6.45, 7) is 2.39. The van der Waals surface area contributed by atoms with Crippen molar-refractivity contribution in [1.29, 1.82) is 5.26 Å². The zero-order valence-electron chi connectivity index (χ0n) is 16.2. The van der Waals surface area contributed by atoms with Gasteiger partial charge in [-0.25, -0.2) is 9.97 Å². The standard InChI is InChI=1S/C22H25N5O/c1-14-25-19-11-13-27(22(28)20(19)21(24)26-14)18-8-6-17(7-9-18)16-4-2-15(3-5-16)10-12-23/h6-9,15-16H,2-5,10-11,13H2,1H3,(H2,24,25,26). The fraction of sp³-hybridized carbons (Fsp3) is 0.455. The maximum atomic E-state index is 13.0. The van der Waals surface area contributed by atoms with Crippen molar-refractivity contribution in [3.05, 3.63) is 46.9 Å². The molecule has 2 N–H and O–H groups in total. The molecule has 144 valence electrons. The Bertz CT molecular complexity index is 923. The molecule has 2 aliphatic rings. The lowest BCUT2D eigenvalue weighted by Gasteiger charge is -2.30. The highest BCUT2D eigenvalue weighted by Gasteiger charge is 2.30. The van der Waals surface area contributed by atoms with Crippen LogP contribution in [0.1, 0.15) is 65.5 Å². The van der Waals surface area contributed by atoms with Gasteiger partial charge in [-0.2, -0.15) is 5.26 Å². The van der Waals surface area contributed by atoms with Gasteiger partial charge < -0.3 is 10.6 Å². The number of nitrogens with two attached hydrogens (primary N) is 1. The summed E-state index contributed by atoms with van der Waals surface area (Å²) in [5.74, 6) is 1.86. The molecule has 0 spiro atoms. The van der Waals surface area contributed by atoms with Crippen molar-refractivity contribution in [3.63, 3.8) is 0 Å². The van der Waals surface area contributed by atoms with Crippen molar-refractivity contribution in [3.8, 4) is 6.07 Å². The van der Waals surface area contributed by atoms with Gasteiger partial charge in [-0.3, -0.25) is 4.79 Å². The largest absolute Gasteiger partial charge is 0.383 e. The number of amides is 1. The molecule has 0 saturated heterocycles. The van der Waals surface area contributed by atoms with Crippen LogP contribution in [0.4, 0.5) is 11.5 Å². The van der Waals surface area contributed by atoms with Crippen LogP contribution in [0.15, 0.2) is 24.3 Å². The number of fused-ring (bicyclic) bond motifs is 1. The van der Waals surface area contributed by atoms with Crippen molar-refractivity contribution < 1.29 is 4.79 Å². The molecule has 0 unspecified atom stereocenters. The van der Waals surface area contributed by atoms with Crippen LogP contribution >= 0.6 is 0 Å². The molecule has 0 atom stereocenters. The Kier molecular flexibility index (Phi) is 4.99. The second-order valence-electron chi connectivity index (χ2n) is 7.86. The van der Waals surface area contributed by atoms with Crippen molar-refractivity contribution in [2.45, 2.75) is 51.4 Å². The first kappa shape index (κ1) is 18.4. The Morgan fingerprint density at radius 3 is 2.57 bits per heavy atom. The van der Waals surface area contributed by atoms with E-state index in [-0.39, 0.29) is 11.7 Å². The van der Waals surface area contributed by atoms with Crippen LogP contribution in [0.5, 0.6) is 0 Å². The first-order chi connectivity index (χ1) is 13.6. The summed E-state index contributed by atoms with van der Waals surface area (Å²) in [5, 5.41) is 8.87. The van der Waals surface area contributed by atoms with Crippen LogP contribution in [0, 0.1) is 24.2 Å². The van der Waals surface area contributed by atoms with Gasteiger partial charge in [0, 0.05) is 25.1 Å². The Balaban J connectivity index is 1.49. The smallest absolute Gasteiger partial charge is 0.263 e. The number of anilines is 2. The van der Waals surface area contributed by atoms with Gasteiger partial charge in [0.2, 0.25) is 0 Å². The minimum absolute atomic E-state index is 0.122. The van der Waals surface area contributed by atoms with Gasteiger partial charge in [-0.15, -0.1) is 0 Å². The van der Waals surface area contributed by atoms with Crippen LogP contribution in [-0.2, 0) is 6.42 Å². The summed E-state index contributed by atoms with van der Waals surface area (Å²) in [5.41, 5.74) is 9.41. The number of nitriles is 1. The number of nitrogen functional groups attached to an aromatic ring is 1. The summed E-state index contributed by atoms with van der Waals surface area (Å²) in [4.78, 5) is 23.3. The van der Waals surface area contributed by atoms with E-state index in [1.165, 1.54) is 5.56 Å². The topological polar surface area (TPSA) is 95.9 Å². The Morgan fingerprint density at radius 1 is 1.18 bits per heavy atom. The van der Waals surface area contributed by atoms with E-state index in [1.54, 1.807) is 11.8 Å². The SMILES string of the molecule is Cc1nc(N)c2c(n1)CCN(c1ccc(C3CCC(CC#N)CC3)cc1)C2=O. The molecule has 6 heteroatoms. The highest BCUT2D eigenvalue weighted by Crippen LogP contribution is 2.37. The average Bonchev–Trinajstić information content (AvgIpc) is 2.69. The monoisotopic (exact) mass is 375 g/mol. The maximum absolute atomic E-state index is 13.0. The lowest BCUT2D eigenvalue weighted by atomic mass is 9.78. The van der Waals surface area contributed by atoms with E-state index in [0.29, 0.717) is 42.6 Å². The Hall–Kier alpha value is -2.94. The Morgan fingerprint density at radius 2 is 1.89 bits per heavy atom. The first-order valence-electron chi connectivity index (χ1n) is 9.98. The maximum Gasteiger partial charge on any atom is 0.263 e. The molecule has 4 rings (SSSR count). The number of aryl methyl sites for hydroxylation is 1. The molecule has 1 aromatic heterocycles. The number of benzene rings is 1. The summed E-state index contributed by atoms with van der Waals surface area (Å²) < 4.78 is 0. The van der Waals surface area contributed by atoms with Gasteiger partial charge >= 0.3 is 0 Å². The molecule has 1 aliphatic heterocycles. The summed E-state index contributed by atoms with van der Waals surface area (Å²) in [7, 11) is 0. The number of hydrogen-bond donors (Lipinski definition) is 1. The first-order valence-corrected chi connectivity index (χ1v) is 9.98. The van der Waals surface area contributed by atoms with Crippen molar-refractivity contribution in [2.24, 2.45) is 5.92 Å². The fourth-order valence-electron chi connectivity index (χ4n) is 4.52. The van der Waals surface area contributed by atoms with Gasteiger partial charge in [0.05, 0.1) is 11.8 Å². The molecule has 1 aliphatic carbocycles. The second-order valence-corrected chi connectivity index (χ2v) is 7.86. The van der Waals surface area contributed by atoms with Gasteiger partial charge in [0.1, 0.15) is 17.2 Å². The summed E-state index contributed by atoms with van der Waals surface area (Å²) in [6, 6.07) is 10.6. The second kappa shape index (κ2) is 7.59. The van der Waals surface area contributed by atoms with Crippen LogP contribution in [0.3, 0.4) is 0 Å². The number of aromatic nitrogens is 2. The third kappa shape index (κ3) is 3.45. The van der Waals surface area contributed by atoms with Crippen molar-refractivity contribution in [2.75, 3.05) is 17.2 Å². The fourth-order valence-corrected chi connectivity index (χ4v) is 4.52. The van der Waals surface area contributed by atoms with E-state index in [2.05, 4.69) is 28.2 Å². The molecule has 1 fully saturated rings. The van der Waals surface area contributed by atoms with Gasteiger partial charge in [-0.1, -0.05) is 12.1 Å². The number of hydrogen-bond acceptors (Lipinski definition) is 5. The predicted octanol–water partition coefficient (Wildman–Crippen LogP) is 3.76. The number of nitrogens with zero attached hydrogens (tertiary/aromatic N) is 4. The molecule has 0 bridgehead atoms. The molecule has 6 nitrogen and oxygen atoms in total. The van der Waals surface area contributed by atoms with E-state index >= 15 is 0 Å². The summed E-state index contributed by atoms with van der Waals surface area (Å²) in [6.07, 6.45) is 5.87. The number of rotatable bonds is 3. The molecular formula is C22H25N5O. The van der Waals surface area contributed by atoms with Gasteiger partial charge in [0.15, 0.2) is 0 Å². The zero-order valence-corrected chi connectivity index (χ0v) is 16.2. The Labute approximate surface area is 165 Å².